The van der Waals surface area contributed by atoms with Gasteiger partial charge in [0.2, 0.25) is 5.91 Å². The minimum atomic E-state index is -2.68. The van der Waals surface area contributed by atoms with Crippen molar-refractivity contribution in [1.82, 2.24) is 19.8 Å². The number of carbonyl (C=O) groups is 2. The number of aromatic amines is 1. The van der Waals surface area contributed by atoms with Gasteiger partial charge in [0.1, 0.15) is 6.54 Å². The molecule has 0 bridgehead atoms. The van der Waals surface area contributed by atoms with E-state index in [1.165, 1.54) is 4.90 Å². The number of aromatic nitrogens is 2. The van der Waals surface area contributed by atoms with Gasteiger partial charge < -0.3 is 15.2 Å². The van der Waals surface area contributed by atoms with Crippen LogP contribution in [0.5, 0.6) is 0 Å². The zero-order valence-electron chi connectivity index (χ0n) is 13.3. The average Bonchev–Trinajstić information content (AvgIpc) is 3.15. The maximum atomic E-state index is 12.7. The summed E-state index contributed by atoms with van der Waals surface area (Å²) in [5, 5.41) is 2.70. The predicted octanol–water partition coefficient (Wildman–Crippen LogP) is 2.54. The molecule has 0 spiro atoms. The first kappa shape index (κ1) is 15.8. The molecule has 132 valence electrons. The summed E-state index contributed by atoms with van der Waals surface area (Å²) in [6.45, 7) is 1.04. The van der Waals surface area contributed by atoms with E-state index in [-0.39, 0.29) is 25.2 Å². The summed E-state index contributed by atoms with van der Waals surface area (Å²) in [4.78, 5) is 33.8. The molecule has 0 radical (unpaired) electrons. The summed E-state index contributed by atoms with van der Waals surface area (Å²) in [6.07, 6.45) is -0.403. The maximum Gasteiger partial charge on any atom is 0.323 e. The van der Waals surface area contributed by atoms with Crippen LogP contribution in [0.1, 0.15) is 25.1 Å². The van der Waals surface area contributed by atoms with E-state index in [2.05, 4.69) is 15.3 Å². The minimum Gasteiger partial charge on any atom is -0.337 e. The highest BCUT2D eigenvalue weighted by Crippen LogP contribution is 2.30. The van der Waals surface area contributed by atoms with Gasteiger partial charge in [0.15, 0.2) is 5.82 Å². The molecule has 1 aromatic carbocycles. The third-order valence-corrected chi connectivity index (χ3v) is 4.44. The van der Waals surface area contributed by atoms with Crippen LogP contribution in [-0.2, 0) is 4.79 Å². The number of nitrogens with one attached hydrogen (secondary N) is 2. The number of rotatable bonds is 4. The topological polar surface area (TPSA) is 81.3 Å². The lowest BCUT2D eigenvalue weighted by Crippen LogP contribution is -2.35. The molecule has 25 heavy (non-hydrogen) atoms. The molecule has 2 aromatic rings. The molecule has 1 saturated heterocycles. The molecule has 1 aliphatic carbocycles. The van der Waals surface area contributed by atoms with Crippen molar-refractivity contribution >= 4 is 28.7 Å². The Morgan fingerprint density at radius 3 is 2.92 bits per heavy atom. The minimum absolute atomic E-state index is 0.0485. The fourth-order valence-electron chi connectivity index (χ4n) is 2.92. The molecule has 0 unspecified atom stereocenters. The molecular weight excluding hydrogens is 332 g/mol. The number of alkyl halides is 2. The number of imidazole rings is 1. The van der Waals surface area contributed by atoms with Gasteiger partial charge in [-0.25, -0.2) is 18.6 Å². The third kappa shape index (κ3) is 3.26. The highest BCUT2D eigenvalue weighted by atomic mass is 19.3. The number of urea groups is 1. The summed E-state index contributed by atoms with van der Waals surface area (Å²) in [5.74, 6) is 0.116. The molecule has 2 N–H and O–H groups in total. The lowest BCUT2D eigenvalue weighted by Gasteiger charge is -2.18. The van der Waals surface area contributed by atoms with Crippen LogP contribution in [0.25, 0.3) is 11.0 Å². The van der Waals surface area contributed by atoms with Crippen LogP contribution in [0.2, 0.25) is 0 Å². The molecule has 1 saturated carbocycles. The Bertz CT molecular complexity index is 833. The summed E-state index contributed by atoms with van der Waals surface area (Å²) < 4.78 is 25.4. The van der Waals surface area contributed by atoms with Crippen LogP contribution in [-0.4, -0.2) is 51.5 Å². The average molecular weight is 349 g/mol. The van der Waals surface area contributed by atoms with Gasteiger partial charge in [0, 0.05) is 12.2 Å². The van der Waals surface area contributed by atoms with Crippen molar-refractivity contribution in [2.45, 2.75) is 19.3 Å². The van der Waals surface area contributed by atoms with Crippen molar-refractivity contribution < 1.29 is 18.4 Å². The van der Waals surface area contributed by atoms with Gasteiger partial charge in [-0.1, -0.05) is 0 Å². The number of hydrogen-bond acceptors (Lipinski definition) is 3. The number of anilines is 1. The predicted molar refractivity (Wildman–Crippen MR) is 86.1 cm³/mol. The molecule has 4 rings (SSSR count). The van der Waals surface area contributed by atoms with Gasteiger partial charge in [0.25, 0.3) is 6.43 Å². The van der Waals surface area contributed by atoms with Crippen molar-refractivity contribution in [2.75, 3.05) is 25.1 Å². The fraction of sp³-hybridized carbons (Fsp3) is 0.438. The highest BCUT2D eigenvalue weighted by Gasteiger charge is 2.34. The highest BCUT2D eigenvalue weighted by molar-refractivity contribution is 5.95. The molecule has 1 aromatic heterocycles. The Hall–Kier alpha value is -2.71. The number of amides is 3. The fourth-order valence-corrected chi connectivity index (χ4v) is 2.92. The van der Waals surface area contributed by atoms with E-state index in [9.17, 15) is 18.4 Å². The number of nitrogens with zero attached hydrogens (tertiary/aromatic N) is 3. The Balaban J connectivity index is 1.43. The summed E-state index contributed by atoms with van der Waals surface area (Å²) in [5.41, 5.74) is 1.27. The lowest BCUT2D eigenvalue weighted by atomic mass is 10.3. The Kier molecular flexibility index (Phi) is 3.78. The lowest BCUT2D eigenvalue weighted by molar-refractivity contribution is -0.126. The van der Waals surface area contributed by atoms with Crippen LogP contribution < -0.4 is 5.32 Å². The van der Waals surface area contributed by atoms with E-state index >= 15 is 0 Å². The molecule has 2 fully saturated rings. The first-order valence-corrected chi connectivity index (χ1v) is 8.11. The van der Waals surface area contributed by atoms with Crippen molar-refractivity contribution in [3.05, 3.63) is 24.0 Å². The van der Waals surface area contributed by atoms with E-state index in [1.54, 1.807) is 23.1 Å². The molecule has 7 nitrogen and oxygen atoms in total. The smallest absolute Gasteiger partial charge is 0.323 e. The van der Waals surface area contributed by atoms with Crippen molar-refractivity contribution in [3.63, 3.8) is 0 Å². The molecule has 2 heterocycles. The number of halogens is 2. The van der Waals surface area contributed by atoms with Gasteiger partial charge in [-0.2, -0.15) is 0 Å². The monoisotopic (exact) mass is 349 g/mol. The summed E-state index contributed by atoms with van der Waals surface area (Å²) >= 11 is 0. The largest absolute Gasteiger partial charge is 0.337 e. The van der Waals surface area contributed by atoms with E-state index in [0.29, 0.717) is 29.2 Å². The second kappa shape index (κ2) is 5.98. The van der Waals surface area contributed by atoms with Crippen LogP contribution >= 0.6 is 0 Å². The standard InChI is InChI=1S/C16H17F2N5O2/c17-14(18)15-20-11-4-3-10(5-12(11)21-15)19-16(25)23-7-13(24)22(8-23)6-9-1-2-9/h3-5,9,14H,1-2,6-8H2,(H,19,25)(H,20,21). The Labute approximate surface area is 142 Å². The van der Waals surface area contributed by atoms with Gasteiger partial charge in [-0.15, -0.1) is 0 Å². The van der Waals surface area contributed by atoms with Crippen LogP contribution in [0.4, 0.5) is 19.3 Å². The number of benzene rings is 1. The van der Waals surface area contributed by atoms with E-state index in [4.69, 9.17) is 0 Å². The molecular formula is C16H17F2N5O2. The number of carbonyl (C=O) groups excluding carboxylic acids is 2. The molecule has 0 atom stereocenters. The van der Waals surface area contributed by atoms with Crippen LogP contribution in [0.15, 0.2) is 18.2 Å². The quantitative estimate of drug-likeness (QED) is 0.890. The second-order valence-corrected chi connectivity index (χ2v) is 6.48. The zero-order valence-corrected chi connectivity index (χ0v) is 13.3. The summed E-state index contributed by atoms with van der Waals surface area (Å²) in [6, 6.07) is 4.31. The third-order valence-electron chi connectivity index (χ3n) is 4.44. The summed E-state index contributed by atoms with van der Waals surface area (Å²) in [7, 11) is 0. The Morgan fingerprint density at radius 2 is 2.20 bits per heavy atom. The van der Waals surface area contributed by atoms with Crippen molar-refractivity contribution in [3.8, 4) is 0 Å². The zero-order chi connectivity index (χ0) is 17.6. The van der Waals surface area contributed by atoms with Gasteiger partial charge in [-0.3, -0.25) is 9.69 Å². The van der Waals surface area contributed by atoms with E-state index in [1.807, 2.05) is 0 Å². The van der Waals surface area contributed by atoms with E-state index < -0.39 is 12.2 Å². The second-order valence-electron chi connectivity index (χ2n) is 6.48. The molecule has 3 amide bonds. The van der Waals surface area contributed by atoms with Crippen molar-refractivity contribution in [2.24, 2.45) is 5.92 Å². The molecule has 9 heteroatoms. The first-order chi connectivity index (χ1) is 12.0. The van der Waals surface area contributed by atoms with Gasteiger partial charge in [-0.05, 0) is 37.0 Å². The molecule has 1 aliphatic heterocycles. The van der Waals surface area contributed by atoms with Crippen LogP contribution in [0.3, 0.4) is 0 Å². The number of hydrogen-bond donors (Lipinski definition) is 2. The number of fused-ring (bicyclic) bond motifs is 1. The van der Waals surface area contributed by atoms with Gasteiger partial charge >= 0.3 is 6.03 Å². The van der Waals surface area contributed by atoms with Crippen LogP contribution in [0, 0.1) is 5.92 Å². The molecule has 2 aliphatic rings. The number of H-pyrrole nitrogens is 1. The van der Waals surface area contributed by atoms with E-state index in [0.717, 1.165) is 12.8 Å². The Morgan fingerprint density at radius 1 is 1.40 bits per heavy atom. The maximum absolute atomic E-state index is 12.7. The van der Waals surface area contributed by atoms with Gasteiger partial charge in [0.05, 0.1) is 17.7 Å². The first-order valence-electron chi connectivity index (χ1n) is 8.11. The van der Waals surface area contributed by atoms with Crippen molar-refractivity contribution in [1.29, 1.82) is 0 Å². The normalized spacial score (nSPS) is 17.8. The SMILES string of the molecule is O=C1CN(C(=O)Nc2ccc3nc(C(F)F)[nH]c3c2)CN1CC1CC1.